The summed E-state index contributed by atoms with van der Waals surface area (Å²) < 4.78 is 42.4. The molecule has 0 aromatic heterocycles. The van der Waals surface area contributed by atoms with E-state index < -0.39 is 11.7 Å². The Bertz CT molecular complexity index is 414. The van der Waals surface area contributed by atoms with Gasteiger partial charge in [0.2, 0.25) is 0 Å². The normalized spacial score (nSPS) is 23.2. The van der Waals surface area contributed by atoms with Gasteiger partial charge in [0.15, 0.2) is 0 Å². The van der Waals surface area contributed by atoms with Gasteiger partial charge in [-0.05, 0) is 24.6 Å². The van der Waals surface area contributed by atoms with Gasteiger partial charge in [0, 0.05) is 11.8 Å². The number of hydrogen-bond donors (Lipinski definition) is 0. The van der Waals surface area contributed by atoms with Crippen molar-refractivity contribution in [3.63, 3.8) is 0 Å². The van der Waals surface area contributed by atoms with Crippen molar-refractivity contribution in [2.45, 2.75) is 12.6 Å². The van der Waals surface area contributed by atoms with E-state index in [4.69, 9.17) is 4.74 Å². The Morgan fingerprint density at radius 3 is 2.76 bits per heavy atom. The van der Waals surface area contributed by atoms with Crippen LogP contribution in [-0.4, -0.2) is 12.9 Å². The van der Waals surface area contributed by atoms with E-state index in [2.05, 4.69) is 0 Å². The molecule has 0 amide bonds. The molecular formula is C12H11F3O2. The topological polar surface area (TPSA) is 26.3 Å². The third kappa shape index (κ3) is 2.99. The number of ether oxygens (including phenoxy) is 1. The molecule has 5 heteroatoms. The monoisotopic (exact) mass is 244 g/mol. The molecule has 1 aliphatic carbocycles. The van der Waals surface area contributed by atoms with Crippen molar-refractivity contribution >= 4 is 6.29 Å². The summed E-state index contributed by atoms with van der Waals surface area (Å²) in [4.78, 5) is 10.4. The Morgan fingerprint density at radius 1 is 1.41 bits per heavy atom. The summed E-state index contributed by atoms with van der Waals surface area (Å²) in [6.45, 7) is 0.296. The smallest absolute Gasteiger partial charge is 0.416 e. The van der Waals surface area contributed by atoms with E-state index in [1.165, 1.54) is 12.1 Å². The van der Waals surface area contributed by atoms with Crippen LogP contribution in [0.2, 0.25) is 0 Å². The van der Waals surface area contributed by atoms with Gasteiger partial charge in [-0.15, -0.1) is 0 Å². The lowest BCUT2D eigenvalue weighted by atomic mass is 10.2. The van der Waals surface area contributed by atoms with Gasteiger partial charge >= 0.3 is 6.18 Å². The van der Waals surface area contributed by atoms with Gasteiger partial charge in [0.1, 0.15) is 12.0 Å². The van der Waals surface area contributed by atoms with Crippen LogP contribution in [0.5, 0.6) is 5.75 Å². The fourth-order valence-corrected chi connectivity index (χ4v) is 1.59. The van der Waals surface area contributed by atoms with Crippen molar-refractivity contribution in [1.82, 2.24) is 0 Å². The molecule has 1 aromatic rings. The molecule has 0 bridgehead atoms. The number of benzene rings is 1. The van der Waals surface area contributed by atoms with Gasteiger partial charge < -0.3 is 9.53 Å². The first-order chi connectivity index (χ1) is 8.00. The summed E-state index contributed by atoms with van der Waals surface area (Å²) >= 11 is 0. The van der Waals surface area contributed by atoms with Crippen LogP contribution >= 0.6 is 0 Å². The molecule has 0 heterocycles. The van der Waals surface area contributed by atoms with E-state index in [-0.39, 0.29) is 17.6 Å². The second kappa shape index (κ2) is 4.39. The first-order valence-electron chi connectivity index (χ1n) is 5.26. The molecule has 1 fully saturated rings. The maximum absolute atomic E-state index is 12.4. The maximum Gasteiger partial charge on any atom is 0.416 e. The number of rotatable bonds is 4. The van der Waals surface area contributed by atoms with Crippen LogP contribution in [0, 0.1) is 11.8 Å². The van der Waals surface area contributed by atoms with Crippen LogP contribution < -0.4 is 4.74 Å². The van der Waals surface area contributed by atoms with E-state index in [1.54, 1.807) is 0 Å². The fraction of sp³-hybridized carbons (Fsp3) is 0.417. The van der Waals surface area contributed by atoms with Crippen LogP contribution in [-0.2, 0) is 11.0 Å². The Morgan fingerprint density at radius 2 is 2.18 bits per heavy atom. The van der Waals surface area contributed by atoms with Crippen molar-refractivity contribution < 1.29 is 22.7 Å². The molecule has 0 N–H and O–H groups in total. The summed E-state index contributed by atoms with van der Waals surface area (Å²) in [6, 6.07) is 4.76. The van der Waals surface area contributed by atoms with E-state index >= 15 is 0 Å². The molecule has 2 atom stereocenters. The lowest BCUT2D eigenvalue weighted by Crippen LogP contribution is -2.06. The Labute approximate surface area is 96.4 Å². The number of carbonyl (C=O) groups excluding carboxylic acids is 1. The molecular weight excluding hydrogens is 233 g/mol. The Hall–Kier alpha value is -1.52. The molecule has 1 aromatic carbocycles. The molecule has 1 saturated carbocycles. The predicted molar refractivity (Wildman–Crippen MR) is 54.6 cm³/mol. The van der Waals surface area contributed by atoms with Crippen molar-refractivity contribution in [1.29, 1.82) is 0 Å². The fourth-order valence-electron chi connectivity index (χ4n) is 1.59. The average Bonchev–Trinajstić information content (AvgIpc) is 3.04. The zero-order valence-corrected chi connectivity index (χ0v) is 8.91. The SMILES string of the molecule is O=CC1CC1COc1cccc(C(F)(F)F)c1. The minimum absolute atomic E-state index is 0.0146. The highest BCUT2D eigenvalue weighted by Gasteiger charge is 2.37. The molecule has 0 saturated heterocycles. The summed E-state index contributed by atoms with van der Waals surface area (Å²) in [5, 5.41) is 0. The van der Waals surface area contributed by atoms with Crippen LogP contribution in [0.3, 0.4) is 0 Å². The maximum atomic E-state index is 12.4. The molecule has 0 aliphatic heterocycles. The summed E-state index contributed by atoms with van der Waals surface area (Å²) in [5.74, 6) is 0.360. The summed E-state index contributed by atoms with van der Waals surface area (Å²) in [5.41, 5.74) is -0.724. The van der Waals surface area contributed by atoms with Crippen molar-refractivity contribution in [3.8, 4) is 5.75 Å². The number of aldehydes is 1. The van der Waals surface area contributed by atoms with Crippen molar-refractivity contribution in [2.24, 2.45) is 11.8 Å². The molecule has 2 unspecified atom stereocenters. The van der Waals surface area contributed by atoms with Gasteiger partial charge in [-0.3, -0.25) is 0 Å². The molecule has 1 aliphatic rings. The highest BCUT2D eigenvalue weighted by Crippen LogP contribution is 2.37. The first-order valence-corrected chi connectivity index (χ1v) is 5.26. The van der Waals surface area contributed by atoms with Crippen molar-refractivity contribution in [3.05, 3.63) is 29.8 Å². The minimum atomic E-state index is -4.36. The van der Waals surface area contributed by atoms with Gasteiger partial charge in [-0.25, -0.2) is 0 Å². The second-order valence-electron chi connectivity index (χ2n) is 4.13. The lowest BCUT2D eigenvalue weighted by Gasteiger charge is -2.09. The molecule has 0 spiro atoms. The zero-order valence-electron chi connectivity index (χ0n) is 8.91. The standard InChI is InChI=1S/C12H11F3O2/c13-12(14,15)10-2-1-3-11(5-10)17-7-9-4-8(9)6-16/h1-3,5-6,8-9H,4,7H2. The highest BCUT2D eigenvalue weighted by atomic mass is 19.4. The molecule has 17 heavy (non-hydrogen) atoms. The lowest BCUT2D eigenvalue weighted by molar-refractivity contribution is -0.137. The minimum Gasteiger partial charge on any atom is -0.493 e. The third-order valence-electron chi connectivity index (χ3n) is 2.78. The Kier molecular flexibility index (Phi) is 3.09. The Balaban J connectivity index is 1.95. The number of hydrogen-bond acceptors (Lipinski definition) is 2. The van der Waals surface area contributed by atoms with Gasteiger partial charge in [0.25, 0.3) is 0 Å². The number of halogens is 3. The molecule has 2 nitrogen and oxygen atoms in total. The van der Waals surface area contributed by atoms with Crippen LogP contribution in [0.1, 0.15) is 12.0 Å². The zero-order chi connectivity index (χ0) is 12.5. The third-order valence-corrected chi connectivity index (χ3v) is 2.78. The largest absolute Gasteiger partial charge is 0.493 e. The van der Waals surface area contributed by atoms with Crippen LogP contribution in [0.25, 0.3) is 0 Å². The molecule has 92 valence electrons. The van der Waals surface area contributed by atoms with Gasteiger partial charge in [-0.2, -0.15) is 13.2 Å². The second-order valence-corrected chi connectivity index (χ2v) is 4.13. The van der Waals surface area contributed by atoms with Crippen LogP contribution in [0.15, 0.2) is 24.3 Å². The van der Waals surface area contributed by atoms with E-state index in [1.807, 2.05) is 0 Å². The number of alkyl halides is 3. The van der Waals surface area contributed by atoms with Gasteiger partial charge in [0.05, 0.1) is 12.2 Å². The predicted octanol–water partition coefficient (Wildman–Crippen LogP) is 2.92. The van der Waals surface area contributed by atoms with Crippen LogP contribution in [0.4, 0.5) is 13.2 Å². The first kappa shape index (κ1) is 12.0. The van der Waals surface area contributed by atoms with E-state index in [0.717, 1.165) is 24.8 Å². The van der Waals surface area contributed by atoms with Gasteiger partial charge in [-0.1, -0.05) is 6.07 Å². The average molecular weight is 244 g/mol. The van der Waals surface area contributed by atoms with Crippen molar-refractivity contribution in [2.75, 3.05) is 6.61 Å². The molecule has 0 radical (unpaired) electrons. The number of carbonyl (C=O) groups is 1. The quantitative estimate of drug-likeness (QED) is 0.761. The molecule has 2 rings (SSSR count). The van der Waals surface area contributed by atoms with E-state index in [9.17, 15) is 18.0 Å². The summed E-state index contributed by atoms with van der Waals surface area (Å²) in [6.07, 6.45) is -2.73. The highest BCUT2D eigenvalue weighted by molar-refractivity contribution is 5.58. The van der Waals surface area contributed by atoms with E-state index in [0.29, 0.717) is 6.61 Å². The summed E-state index contributed by atoms with van der Waals surface area (Å²) in [7, 11) is 0.